The van der Waals surface area contributed by atoms with E-state index in [0.717, 1.165) is 36.1 Å². The van der Waals surface area contributed by atoms with Crippen molar-refractivity contribution in [1.29, 1.82) is 0 Å². The number of hydrogen-bond acceptors (Lipinski definition) is 1. The molecular weight excluding hydrogens is 237 g/mol. The van der Waals surface area contributed by atoms with E-state index in [1.165, 1.54) is 11.6 Å². The Morgan fingerprint density at radius 3 is 2.42 bits per heavy atom. The van der Waals surface area contributed by atoms with Crippen LogP contribution in [-0.4, -0.2) is 7.05 Å². The van der Waals surface area contributed by atoms with Gasteiger partial charge < -0.3 is 5.32 Å². The molecule has 2 aromatic carbocycles. The molecule has 0 saturated carbocycles. The minimum absolute atomic E-state index is 0.188. The molecule has 0 aromatic heterocycles. The van der Waals surface area contributed by atoms with Gasteiger partial charge in [-0.3, -0.25) is 0 Å². The summed E-state index contributed by atoms with van der Waals surface area (Å²) in [6, 6.07) is 13.4. The van der Waals surface area contributed by atoms with Crippen molar-refractivity contribution in [1.82, 2.24) is 5.32 Å². The molecule has 0 unspecified atom stereocenters. The monoisotopic (exact) mass is 257 g/mol. The number of aryl methyl sites for hydroxylation is 1. The van der Waals surface area contributed by atoms with E-state index in [-0.39, 0.29) is 5.82 Å². The normalized spacial score (nSPS) is 10.7. The molecule has 0 aliphatic carbocycles. The van der Waals surface area contributed by atoms with Gasteiger partial charge >= 0.3 is 0 Å². The molecule has 100 valence electrons. The van der Waals surface area contributed by atoms with Gasteiger partial charge in [0.15, 0.2) is 0 Å². The van der Waals surface area contributed by atoms with Gasteiger partial charge in [-0.15, -0.1) is 0 Å². The SMILES string of the molecule is CCCc1ccc(-c2cc(F)ccc2CNC)cc1. The fraction of sp³-hybridized carbons (Fsp3) is 0.294. The molecule has 0 aliphatic rings. The summed E-state index contributed by atoms with van der Waals surface area (Å²) in [5.74, 6) is -0.188. The first-order chi connectivity index (χ1) is 9.24. The van der Waals surface area contributed by atoms with Gasteiger partial charge in [0.1, 0.15) is 5.82 Å². The Bertz CT molecular complexity index is 531. The van der Waals surface area contributed by atoms with E-state index >= 15 is 0 Å². The average molecular weight is 257 g/mol. The summed E-state index contributed by atoms with van der Waals surface area (Å²) in [5, 5.41) is 3.12. The molecule has 0 fully saturated rings. The van der Waals surface area contributed by atoms with E-state index < -0.39 is 0 Å². The van der Waals surface area contributed by atoms with Crippen molar-refractivity contribution < 1.29 is 4.39 Å². The Balaban J connectivity index is 2.36. The van der Waals surface area contributed by atoms with Crippen LogP contribution >= 0.6 is 0 Å². The second-order valence-corrected chi connectivity index (χ2v) is 4.78. The Labute approximate surface area is 114 Å². The first-order valence-electron chi connectivity index (χ1n) is 6.77. The number of benzene rings is 2. The smallest absolute Gasteiger partial charge is 0.123 e. The molecule has 19 heavy (non-hydrogen) atoms. The highest BCUT2D eigenvalue weighted by Crippen LogP contribution is 2.25. The number of rotatable bonds is 5. The van der Waals surface area contributed by atoms with E-state index in [2.05, 4.69) is 36.5 Å². The van der Waals surface area contributed by atoms with Gasteiger partial charge in [0.05, 0.1) is 0 Å². The van der Waals surface area contributed by atoms with Crippen molar-refractivity contribution in [2.24, 2.45) is 0 Å². The van der Waals surface area contributed by atoms with E-state index in [1.807, 2.05) is 13.1 Å². The van der Waals surface area contributed by atoms with Gasteiger partial charge in [-0.1, -0.05) is 43.7 Å². The summed E-state index contributed by atoms with van der Waals surface area (Å²) in [7, 11) is 1.90. The maximum atomic E-state index is 13.5. The first kappa shape index (κ1) is 13.8. The first-order valence-corrected chi connectivity index (χ1v) is 6.77. The summed E-state index contributed by atoms with van der Waals surface area (Å²) >= 11 is 0. The van der Waals surface area contributed by atoms with Crippen LogP contribution in [0.1, 0.15) is 24.5 Å². The van der Waals surface area contributed by atoms with Crippen molar-refractivity contribution in [3.05, 3.63) is 59.4 Å². The Kier molecular flexibility index (Phi) is 4.69. The highest BCUT2D eigenvalue weighted by atomic mass is 19.1. The van der Waals surface area contributed by atoms with Crippen molar-refractivity contribution >= 4 is 0 Å². The summed E-state index contributed by atoms with van der Waals surface area (Å²) in [5.41, 5.74) is 4.49. The molecule has 0 spiro atoms. The second-order valence-electron chi connectivity index (χ2n) is 4.78. The fourth-order valence-corrected chi connectivity index (χ4v) is 2.30. The van der Waals surface area contributed by atoms with Crippen LogP contribution in [-0.2, 0) is 13.0 Å². The molecule has 1 N–H and O–H groups in total. The number of hydrogen-bond donors (Lipinski definition) is 1. The molecule has 0 saturated heterocycles. The van der Waals surface area contributed by atoms with Crippen LogP contribution in [0.2, 0.25) is 0 Å². The molecule has 0 heterocycles. The molecule has 0 aliphatic heterocycles. The minimum Gasteiger partial charge on any atom is -0.316 e. The fourth-order valence-electron chi connectivity index (χ4n) is 2.30. The topological polar surface area (TPSA) is 12.0 Å². The van der Waals surface area contributed by atoms with Crippen molar-refractivity contribution in [2.75, 3.05) is 7.05 Å². The molecule has 0 atom stereocenters. The average Bonchev–Trinajstić information content (AvgIpc) is 2.42. The number of halogens is 1. The van der Waals surface area contributed by atoms with Gasteiger partial charge in [0.25, 0.3) is 0 Å². The highest BCUT2D eigenvalue weighted by molar-refractivity contribution is 5.67. The molecule has 0 radical (unpaired) electrons. The van der Waals surface area contributed by atoms with Crippen LogP contribution in [0, 0.1) is 5.82 Å². The summed E-state index contributed by atoms with van der Waals surface area (Å²) in [4.78, 5) is 0. The molecule has 1 nitrogen and oxygen atoms in total. The molecular formula is C17H20FN. The molecule has 0 bridgehead atoms. The Hall–Kier alpha value is -1.67. The van der Waals surface area contributed by atoms with Crippen LogP contribution in [0.25, 0.3) is 11.1 Å². The van der Waals surface area contributed by atoms with Gasteiger partial charge in [-0.05, 0) is 47.9 Å². The van der Waals surface area contributed by atoms with Crippen LogP contribution in [0.4, 0.5) is 4.39 Å². The third-order valence-corrected chi connectivity index (χ3v) is 3.24. The van der Waals surface area contributed by atoms with E-state index in [1.54, 1.807) is 6.07 Å². The van der Waals surface area contributed by atoms with Gasteiger partial charge in [-0.25, -0.2) is 4.39 Å². The predicted octanol–water partition coefficient (Wildman–Crippen LogP) is 4.16. The zero-order valence-corrected chi connectivity index (χ0v) is 11.5. The van der Waals surface area contributed by atoms with Gasteiger partial charge in [-0.2, -0.15) is 0 Å². The largest absolute Gasteiger partial charge is 0.316 e. The molecule has 2 heteroatoms. The van der Waals surface area contributed by atoms with Crippen LogP contribution < -0.4 is 5.32 Å². The lowest BCUT2D eigenvalue weighted by molar-refractivity contribution is 0.627. The van der Waals surface area contributed by atoms with Gasteiger partial charge in [0.2, 0.25) is 0 Å². The van der Waals surface area contributed by atoms with E-state index in [4.69, 9.17) is 0 Å². The number of nitrogens with one attached hydrogen (secondary N) is 1. The summed E-state index contributed by atoms with van der Waals surface area (Å²) in [6.07, 6.45) is 2.23. The summed E-state index contributed by atoms with van der Waals surface area (Å²) in [6.45, 7) is 2.91. The lowest BCUT2D eigenvalue weighted by Gasteiger charge is -2.10. The van der Waals surface area contributed by atoms with Crippen molar-refractivity contribution in [3.63, 3.8) is 0 Å². The predicted molar refractivity (Wildman–Crippen MR) is 78.6 cm³/mol. The standard InChI is InChI=1S/C17H20FN/c1-3-4-13-5-7-14(8-6-13)17-11-16(18)10-9-15(17)12-19-2/h5-11,19H,3-4,12H2,1-2H3. The zero-order chi connectivity index (χ0) is 13.7. The second kappa shape index (κ2) is 6.48. The Morgan fingerprint density at radius 1 is 1.05 bits per heavy atom. The lowest BCUT2D eigenvalue weighted by Crippen LogP contribution is -2.06. The highest BCUT2D eigenvalue weighted by Gasteiger charge is 2.06. The maximum absolute atomic E-state index is 13.5. The minimum atomic E-state index is -0.188. The molecule has 0 amide bonds. The third-order valence-electron chi connectivity index (χ3n) is 3.24. The van der Waals surface area contributed by atoms with E-state index in [9.17, 15) is 4.39 Å². The summed E-state index contributed by atoms with van der Waals surface area (Å²) < 4.78 is 13.5. The van der Waals surface area contributed by atoms with Crippen LogP contribution in [0.5, 0.6) is 0 Å². The van der Waals surface area contributed by atoms with Crippen LogP contribution in [0.3, 0.4) is 0 Å². The van der Waals surface area contributed by atoms with Gasteiger partial charge in [0, 0.05) is 6.54 Å². The van der Waals surface area contributed by atoms with Crippen molar-refractivity contribution in [3.8, 4) is 11.1 Å². The van der Waals surface area contributed by atoms with Crippen LogP contribution in [0.15, 0.2) is 42.5 Å². The van der Waals surface area contributed by atoms with Crippen molar-refractivity contribution in [2.45, 2.75) is 26.3 Å². The molecule has 2 aromatic rings. The zero-order valence-electron chi connectivity index (χ0n) is 11.5. The maximum Gasteiger partial charge on any atom is 0.123 e. The Morgan fingerprint density at radius 2 is 1.79 bits per heavy atom. The third kappa shape index (κ3) is 3.42. The molecule has 2 rings (SSSR count). The lowest BCUT2D eigenvalue weighted by atomic mass is 9.97. The quantitative estimate of drug-likeness (QED) is 0.848. The van der Waals surface area contributed by atoms with E-state index in [0.29, 0.717) is 0 Å².